The highest BCUT2D eigenvalue weighted by molar-refractivity contribution is 5.93. The van der Waals surface area contributed by atoms with Crippen molar-refractivity contribution < 1.29 is 4.74 Å². The standard InChI is InChI=1S/C50H32O/c1-2-17-33(18-3-1)49(40-25-9-4-19-34(40)35-20-5-10-26-41(35)49)42-27-11-8-23-38(42)39-24-16-31-46-48(39)51-47-32-15-14-30-45(47)50(46)43-28-12-6-21-36(43)37-22-7-13-29-44(37)50/h1-32H. The molecule has 3 aliphatic rings. The van der Waals surface area contributed by atoms with Crippen molar-refractivity contribution in [2.75, 3.05) is 0 Å². The van der Waals surface area contributed by atoms with E-state index in [0.717, 1.165) is 17.1 Å². The fourth-order valence-electron chi connectivity index (χ4n) is 9.82. The molecule has 1 nitrogen and oxygen atoms in total. The topological polar surface area (TPSA) is 9.23 Å². The third-order valence-corrected chi connectivity index (χ3v) is 11.7. The number of hydrogen-bond donors (Lipinski definition) is 0. The van der Waals surface area contributed by atoms with E-state index in [1.54, 1.807) is 0 Å². The van der Waals surface area contributed by atoms with Gasteiger partial charge in [-0.2, -0.15) is 0 Å². The van der Waals surface area contributed by atoms with Crippen LogP contribution >= 0.6 is 0 Å². The summed E-state index contributed by atoms with van der Waals surface area (Å²) < 4.78 is 7.18. The Bertz CT molecular complexity index is 2590. The zero-order chi connectivity index (χ0) is 33.6. The molecule has 238 valence electrons. The Kier molecular flexibility index (Phi) is 5.86. The van der Waals surface area contributed by atoms with E-state index in [-0.39, 0.29) is 0 Å². The molecule has 0 bridgehead atoms. The first kappa shape index (κ1) is 28.4. The van der Waals surface area contributed by atoms with Crippen LogP contribution in [0.4, 0.5) is 0 Å². The summed E-state index contributed by atoms with van der Waals surface area (Å²) in [5.74, 6) is 1.81. The van der Waals surface area contributed by atoms with E-state index >= 15 is 0 Å². The normalized spacial score (nSPS) is 14.7. The second-order valence-electron chi connectivity index (χ2n) is 13.9. The van der Waals surface area contributed by atoms with Gasteiger partial charge in [-0.05, 0) is 67.3 Å². The Balaban J connectivity index is 1.25. The van der Waals surface area contributed by atoms with Crippen molar-refractivity contribution in [1.29, 1.82) is 0 Å². The van der Waals surface area contributed by atoms with Crippen LogP contribution in [0.5, 0.6) is 11.5 Å². The molecule has 0 atom stereocenters. The van der Waals surface area contributed by atoms with Crippen molar-refractivity contribution in [3.8, 4) is 44.9 Å². The lowest BCUT2D eigenvalue weighted by atomic mass is 9.64. The van der Waals surface area contributed by atoms with Crippen LogP contribution in [-0.2, 0) is 10.8 Å². The molecule has 0 saturated heterocycles. The highest BCUT2D eigenvalue weighted by Gasteiger charge is 2.52. The zero-order valence-corrected chi connectivity index (χ0v) is 27.9. The number of rotatable bonds is 3. The Labute approximate surface area is 298 Å². The zero-order valence-electron chi connectivity index (χ0n) is 27.9. The van der Waals surface area contributed by atoms with Crippen LogP contribution in [0.1, 0.15) is 44.5 Å². The van der Waals surface area contributed by atoms with Crippen molar-refractivity contribution in [2.24, 2.45) is 0 Å². The summed E-state index contributed by atoms with van der Waals surface area (Å²) in [7, 11) is 0. The number of benzene rings is 8. The summed E-state index contributed by atoms with van der Waals surface area (Å²) in [6.07, 6.45) is 0. The lowest BCUT2D eigenvalue weighted by Gasteiger charge is -2.40. The molecule has 0 amide bonds. The highest BCUT2D eigenvalue weighted by Crippen LogP contribution is 2.64. The third-order valence-electron chi connectivity index (χ3n) is 11.7. The molecule has 8 aromatic carbocycles. The number of fused-ring (bicyclic) bond motifs is 12. The predicted octanol–water partition coefficient (Wildman–Crippen LogP) is 12.2. The van der Waals surface area contributed by atoms with E-state index in [1.165, 1.54) is 72.3 Å². The molecule has 8 aromatic rings. The van der Waals surface area contributed by atoms with Crippen molar-refractivity contribution in [2.45, 2.75) is 10.8 Å². The van der Waals surface area contributed by atoms with Crippen LogP contribution < -0.4 is 4.74 Å². The minimum absolute atomic E-state index is 0.522. The molecule has 1 aliphatic heterocycles. The maximum absolute atomic E-state index is 7.18. The quantitative estimate of drug-likeness (QED) is 0.185. The molecule has 0 N–H and O–H groups in total. The summed E-state index contributed by atoms with van der Waals surface area (Å²) in [5, 5.41) is 0. The van der Waals surface area contributed by atoms with Gasteiger partial charge in [0.2, 0.25) is 0 Å². The lowest BCUT2D eigenvalue weighted by Crippen LogP contribution is -2.32. The Morgan fingerprint density at radius 2 is 0.608 bits per heavy atom. The summed E-state index contributed by atoms with van der Waals surface area (Å²) in [6.45, 7) is 0. The fourth-order valence-corrected chi connectivity index (χ4v) is 9.82. The first-order valence-electron chi connectivity index (χ1n) is 17.8. The second-order valence-corrected chi connectivity index (χ2v) is 13.9. The molecule has 0 saturated carbocycles. The molecule has 11 rings (SSSR count). The van der Waals surface area contributed by atoms with Gasteiger partial charge in [-0.15, -0.1) is 0 Å². The van der Waals surface area contributed by atoms with E-state index in [1.807, 2.05) is 0 Å². The van der Waals surface area contributed by atoms with E-state index in [2.05, 4.69) is 194 Å². The maximum atomic E-state index is 7.18. The van der Waals surface area contributed by atoms with E-state index in [0.29, 0.717) is 0 Å². The molecule has 0 aromatic heterocycles. The summed E-state index contributed by atoms with van der Waals surface area (Å²) in [6, 6.07) is 71.3. The Morgan fingerprint density at radius 1 is 0.255 bits per heavy atom. The van der Waals surface area contributed by atoms with Crippen LogP contribution in [-0.4, -0.2) is 0 Å². The van der Waals surface area contributed by atoms with Crippen LogP contribution in [0.25, 0.3) is 33.4 Å². The fraction of sp³-hybridized carbons (Fsp3) is 0.0400. The van der Waals surface area contributed by atoms with Gasteiger partial charge in [0.25, 0.3) is 0 Å². The Hall–Kier alpha value is -6.44. The van der Waals surface area contributed by atoms with Crippen LogP contribution in [0.2, 0.25) is 0 Å². The van der Waals surface area contributed by atoms with Gasteiger partial charge in [0.1, 0.15) is 11.5 Å². The van der Waals surface area contributed by atoms with Gasteiger partial charge in [0, 0.05) is 16.7 Å². The van der Waals surface area contributed by atoms with Crippen molar-refractivity contribution in [1.82, 2.24) is 0 Å². The number of hydrogen-bond acceptors (Lipinski definition) is 1. The molecule has 0 fully saturated rings. The van der Waals surface area contributed by atoms with Gasteiger partial charge in [0.15, 0.2) is 0 Å². The van der Waals surface area contributed by atoms with Gasteiger partial charge in [-0.25, -0.2) is 0 Å². The Morgan fingerprint density at radius 3 is 1.12 bits per heavy atom. The molecule has 0 radical (unpaired) electrons. The molecule has 2 aliphatic carbocycles. The molecule has 0 unspecified atom stereocenters. The average molecular weight is 649 g/mol. The minimum atomic E-state index is -0.537. The molecule has 51 heavy (non-hydrogen) atoms. The van der Waals surface area contributed by atoms with Gasteiger partial charge in [0.05, 0.1) is 10.8 Å². The van der Waals surface area contributed by atoms with Crippen LogP contribution in [0.3, 0.4) is 0 Å². The second kappa shape index (κ2) is 10.5. The first-order valence-corrected chi connectivity index (χ1v) is 17.8. The lowest BCUT2D eigenvalue weighted by molar-refractivity contribution is 0.438. The van der Waals surface area contributed by atoms with Crippen molar-refractivity contribution in [3.05, 3.63) is 239 Å². The van der Waals surface area contributed by atoms with E-state index in [4.69, 9.17) is 4.74 Å². The van der Waals surface area contributed by atoms with Crippen LogP contribution in [0.15, 0.2) is 194 Å². The first-order chi connectivity index (χ1) is 25.3. The van der Waals surface area contributed by atoms with E-state index < -0.39 is 10.8 Å². The summed E-state index contributed by atoms with van der Waals surface area (Å²) >= 11 is 0. The monoisotopic (exact) mass is 648 g/mol. The van der Waals surface area contributed by atoms with E-state index in [9.17, 15) is 0 Å². The SMILES string of the molecule is c1ccc(C2(c3ccccc3-c3cccc4c3Oc3ccccc3C43c4ccccc4-c4ccccc43)c3ccccc3-c3ccccc32)cc1. The summed E-state index contributed by atoms with van der Waals surface area (Å²) in [4.78, 5) is 0. The number of ether oxygens (including phenoxy) is 1. The molecule has 1 spiro atoms. The predicted molar refractivity (Wildman–Crippen MR) is 207 cm³/mol. The third kappa shape index (κ3) is 3.55. The summed E-state index contributed by atoms with van der Waals surface area (Å²) in [5.41, 5.74) is 16.4. The largest absolute Gasteiger partial charge is 0.456 e. The molecule has 1 heteroatoms. The maximum Gasteiger partial charge on any atom is 0.140 e. The highest BCUT2D eigenvalue weighted by atomic mass is 16.5. The smallest absolute Gasteiger partial charge is 0.140 e. The van der Waals surface area contributed by atoms with Crippen molar-refractivity contribution >= 4 is 0 Å². The number of para-hydroxylation sites is 2. The van der Waals surface area contributed by atoms with Gasteiger partial charge < -0.3 is 4.74 Å². The van der Waals surface area contributed by atoms with Gasteiger partial charge >= 0.3 is 0 Å². The van der Waals surface area contributed by atoms with Crippen molar-refractivity contribution in [3.63, 3.8) is 0 Å². The van der Waals surface area contributed by atoms with Gasteiger partial charge in [-0.3, -0.25) is 0 Å². The molecular formula is C50H32O. The molecule has 1 heterocycles. The average Bonchev–Trinajstić information content (AvgIpc) is 3.67. The molecular weight excluding hydrogens is 617 g/mol. The minimum Gasteiger partial charge on any atom is -0.456 e. The van der Waals surface area contributed by atoms with Gasteiger partial charge in [-0.1, -0.05) is 188 Å². The van der Waals surface area contributed by atoms with Crippen LogP contribution in [0, 0.1) is 0 Å².